The molecule has 2 rings (SSSR count). The standard InChI is InChI=1S/C11H11B/c1-8-2-3-10-7-11(12)5-4-9(10)6-8/h2-7H,12H2,1H3. The topological polar surface area (TPSA) is 0 Å². The third-order valence-electron chi connectivity index (χ3n) is 2.15. The number of aryl methyl sites for hydroxylation is 1. The molecule has 0 bridgehead atoms. The Morgan fingerprint density at radius 3 is 2.42 bits per heavy atom. The molecule has 2 aromatic rings. The van der Waals surface area contributed by atoms with E-state index in [0.29, 0.717) is 0 Å². The first-order valence-corrected chi connectivity index (χ1v) is 4.23. The largest absolute Gasteiger partial charge is 0.139 e. The molecule has 0 N–H and O–H groups in total. The fraction of sp³-hybridized carbons (Fsp3) is 0.0909. The molecule has 0 unspecified atom stereocenters. The van der Waals surface area contributed by atoms with E-state index >= 15 is 0 Å². The van der Waals surface area contributed by atoms with E-state index in [2.05, 4.69) is 51.2 Å². The zero-order valence-corrected chi connectivity index (χ0v) is 7.46. The van der Waals surface area contributed by atoms with Gasteiger partial charge in [0.1, 0.15) is 7.85 Å². The first-order chi connectivity index (χ1) is 5.75. The molecule has 0 spiro atoms. The zero-order chi connectivity index (χ0) is 8.55. The summed E-state index contributed by atoms with van der Waals surface area (Å²) in [6.45, 7) is 2.12. The van der Waals surface area contributed by atoms with Crippen LogP contribution in [0.15, 0.2) is 36.4 Å². The van der Waals surface area contributed by atoms with Crippen LogP contribution in [-0.4, -0.2) is 7.85 Å². The molecule has 2 aromatic carbocycles. The van der Waals surface area contributed by atoms with Crippen LogP contribution in [0.25, 0.3) is 10.8 Å². The highest BCUT2D eigenvalue weighted by Gasteiger charge is 1.92. The second-order valence-corrected chi connectivity index (χ2v) is 3.35. The van der Waals surface area contributed by atoms with Crippen LogP contribution in [0.3, 0.4) is 0 Å². The summed E-state index contributed by atoms with van der Waals surface area (Å²) in [5.74, 6) is 0. The van der Waals surface area contributed by atoms with Crippen molar-refractivity contribution in [2.75, 3.05) is 0 Å². The molecule has 0 aromatic heterocycles. The second-order valence-electron chi connectivity index (χ2n) is 3.35. The number of fused-ring (bicyclic) bond motifs is 1. The van der Waals surface area contributed by atoms with Crippen molar-refractivity contribution >= 4 is 24.1 Å². The van der Waals surface area contributed by atoms with Crippen LogP contribution in [0.1, 0.15) is 5.56 Å². The predicted molar refractivity (Wildman–Crippen MR) is 56.9 cm³/mol. The van der Waals surface area contributed by atoms with Gasteiger partial charge in [-0.2, -0.15) is 0 Å². The van der Waals surface area contributed by atoms with Gasteiger partial charge >= 0.3 is 0 Å². The smallest absolute Gasteiger partial charge is 0.0883 e. The average Bonchev–Trinajstić information content (AvgIpc) is 2.05. The van der Waals surface area contributed by atoms with Crippen LogP contribution in [-0.2, 0) is 0 Å². The lowest BCUT2D eigenvalue weighted by Gasteiger charge is -2.00. The molecule has 0 aliphatic carbocycles. The molecule has 0 atom stereocenters. The molecule has 0 fully saturated rings. The summed E-state index contributed by atoms with van der Waals surface area (Å²) in [5.41, 5.74) is 2.65. The van der Waals surface area contributed by atoms with Gasteiger partial charge in [0.05, 0.1) is 0 Å². The number of hydrogen-bond donors (Lipinski definition) is 0. The summed E-state index contributed by atoms with van der Waals surface area (Å²) in [5, 5.41) is 2.67. The van der Waals surface area contributed by atoms with Crippen LogP contribution >= 0.6 is 0 Å². The Morgan fingerprint density at radius 1 is 0.917 bits per heavy atom. The molecule has 0 amide bonds. The maximum absolute atomic E-state index is 2.22. The van der Waals surface area contributed by atoms with Gasteiger partial charge in [-0.05, 0) is 17.7 Å². The Labute approximate surface area is 73.6 Å². The third kappa shape index (κ3) is 1.23. The van der Waals surface area contributed by atoms with E-state index in [1.165, 1.54) is 21.8 Å². The maximum atomic E-state index is 2.22. The van der Waals surface area contributed by atoms with Crippen molar-refractivity contribution in [3.63, 3.8) is 0 Å². The van der Waals surface area contributed by atoms with Crippen molar-refractivity contribution in [3.8, 4) is 0 Å². The highest BCUT2D eigenvalue weighted by Crippen LogP contribution is 2.13. The summed E-state index contributed by atoms with van der Waals surface area (Å²) < 4.78 is 0. The number of rotatable bonds is 0. The predicted octanol–water partition coefficient (Wildman–Crippen LogP) is 1.41. The van der Waals surface area contributed by atoms with E-state index in [1.807, 2.05) is 0 Å². The van der Waals surface area contributed by atoms with E-state index in [4.69, 9.17) is 0 Å². The summed E-state index contributed by atoms with van der Waals surface area (Å²) in [6.07, 6.45) is 0. The van der Waals surface area contributed by atoms with Crippen LogP contribution in [0.4, 0.5) is 0 Å². The maximum Gasteiger partial charge on any atom is 0.139 e. The normalized spacial score (nSPS) is 10.4. The SMILES string of the molecule is Bc1ccc2cc(C)ccc2c1. The van der Waals surface area contributed by atoms with Crippen molar-refractivity contribution in [3.05, 3.63) is 42.0 Å². The lowest BCUT2D eigenvalue weighted by atomic mass is 9.93. The molecule has 0 aliphatic rings. The fourth-order valence-electron chi connectivity index (χ4n) is 1.48. The van der Waals surface area contributed by atoms with E-state index in [1.54, 1.807) is 0 Å². The van der Waals surface area contributed by atoms with Gasteiger partial charge < -0.3 is 0 Å². The van der Waals surface area contributed by atoms with Crippen molar-refractivity contribution in [2.24, 2.45) is 0 Å². The molecule has 12 heavy (non-hydrogen) atoms. The molecule has 0 saturated carbocycles. The highest BCUT2D eigenvalue weighted by atomic mass is 14.0. The van der Waals surface area contributed by atoms with E-state index in [9.17, 15) is 0 Å². The zero-order valence-electron chi connectivity index (χ0n) is 7.46. The van der Waals surface area contributed by atoms with Crippen LogP contribution < -0.4 is 5.46 Å². The van der Waals surface area contributed by atoms with Crippen molar-refractivity contribution in [1.29, 1.82) is 0 Å². The molecule has 0 aliphatic heterocycles. The number of benzene rings is 2. The van der Waals surface area contributed by atoms with Crippen molar-refractivity contribution in [2.45, 2.75) is 6.92 Å². The summed E-state index contributed by atoms with van der Waals surface area (Å²) in [4.78, 5) is 0. The molecule has 1 heteroatoms. The number of hydrogen-bond acceptors (Lipinski definition) is 0. The summed E-state index contributed by atoms with van der Waals surface area (Å²) >= 11 is 0. The minimum Gasteiger partial charge on any atom is -0.0883 e. The molecule has 0 radical (unpaired) electrons. The van der Waals surface area contributed by atoms with Gasteiger partial charge in [0.2, 0.25) is 0 Å². The molecule has 58 valence electrons. The Hall–Kier alpha value is -1.24. The van der Waals surface area contributed by atoms with Gasteiger partial charge in [0.15, 0.2) is 0 Å². The molecular formula is C11H11B. The van der Waals surface area contributed by atoms with Crippen molar-refractivity contribution < 1.29 is 0 Å². The van der Waals surface area contributed by atoms with Gasteiger partial charge in [0, 0.05) is 0 Å². The van der Waals surface area contributed by atoms with E-state index in [-0.39, 0.29) is 0 Å². The Bertz CT molecular complexity index is 377. The minimum absolute atomic E-state index is 1.33. The molecule has 0 heterocycles. The van der Waals surface area contributed by atoms with Crippen LogP contribution in [0.2, 0.25) is 0 Å². The van der Waals surface area contributed by atoms with Gasteiger partial charge in [-0.3, -0.25) is 0 Å². The van der Waals surface area contributed by atoms with Crippen molar-refractivity contribution in [1.82, 2.24) is 0 Å². The summed E-state index contributed by atoms with van der Waals surface area (Å²) in [6, 6.07) is 13.1. The van der Waals surface area contributed by atoms with Gasteiger partial charge in [-0.1, -0.05) is 47.4 Å². The Kier molecular flexibility index (Phi) is 1.65. The third-order valence-corrected chi connectivity index (χ3v) is 2.15. The van der Waals surface area contributed by atoms with Gasteiger partial charge in [-0.25, -0.2) is 0 Å². The lowest BCUT2D eigenvalue weighted by molar-refractivity contribution is 1.51. The van der Waals surface area contributed by atoms with E-state index in [0.717, 1.165) is 0 Å². The monoisotopic (exact) mass is 154 g/mol. The second kappa shape index (κ2) is 2.67. The Morgan fingerprint density at radius 2 is 1.58 bits per heavy atom. The van der Waals surface area contributed by atoms with Gasteiger partial charge in [-0.15, -0.1) is 0 Å². The molecule has 0 saturated heterocycles. The molecule has 0 nitrogen and oxygen atoms in total. The van der Waals surface area contributed by atoms with Gasteiger partial charge in [0.25, 0.3) is 0 Å². The Balaban J connectivity index is 2.79. The first kappa shape index (κ1) is 7.42. The highest BCUT2D eigenvalue weighted by molar-refractivity contribution is 6.33. The molecular weight excluding hydrogens is 143 g/mol. The quantitative estimate of drug-likeness (QED) is 0.503. The summed E-state index contributed by atoms with van der Waals surface area (Å²) in [7, 11) is 2.12. The van der Waals surface area contributed by atoms with Crippen LogP contribution in [0, 0.1) is 6.92 Å². The minimum atomic E-state index is 1.33. The first-order valence-electron chi connectivity index (χ1n) is 4.23. The van der Waals surface area contributed by atoms with E-state index < -0.39 is 0 Å². The lowest BCUT2D eigenvalue weighted by Crippen LogP contribution is -1.99. The fourth-order valence-corrected chi connectivity index (χ4v) is 1.48. The van der Waals surface area contributed by atoms with Crippen LogP contribution in [0.5, 0.6) is 0 Å². The average molecular weight is 154 g/mol.